The number of hydrogen-bond acceptors (Lipinski definition) is 3. The zero-order valence-corrected chi connectivity index (χ0v) is 9.95. The average Bonchev–Trinajstić information content (AvgIpc) is 2.15. The number of carbonyl (C=O) groups excluding carboxylic acids is 1. The first-order valence-corrected chi connectivity index (χ1v) is 4.96. The van der Waals surface area contributed by atoms with Crippen LogP contribution in [-0.2, 0) is 4.74 Å². The van der Waals surface area contributed by atoms with Crippen molar-refractivity contribution in [2.45, 2.75) is 6.92 Å². The summed E-state index contributed by atoms with van der Waals surface area (Å²) >= 11 is 2.03. The molecule has 0 aliphatic carbocycles. The molecule has 0 bridgehead atoms. The van der Waals surface area contributed by atoms with Crippen molar-refractivity contribution < 1.29 is 9.53 Å². The van der Waals surface area contributed by atoms with Crippen LogP contribution in [0, 0.1) is 21.8 Å². The van der Waals surface area contributed by atoms with E-state index in [0.717, 1.165) is 9.13 Å². The molecule has 0 fully saturated rings. The second-order valence-electron chi connectivity index (χ2n) is 2.77. The molecule has 72 valence electrons. The van der Waals surface area contributed by atoms with Crippen LogP contribution in [0.2, 0.25) is 0 Å². The van der Waals surface area contributed by atoms with Gasteiger partial charge in [0.25, 0.3) is 0 Å². The lowest BCUT2D eigenvalue weighted by Crippen LogP contribution is -2.06. The Kier molecular flexibility index (Phi) is 3.47. The lowest BCUT2D eigenvalue weighted by molar-refractivity contribution is 0.0600. The Hall–Kier alpha value is -1.09. The number of nitrogens with zero attached hydrogens (tertiary/aromatic N) is 1. The molecule has 0 unspecified atom stereocenters. The summed E-state index contributed by atoms with van der Waals surface area (Å²) in [7, 11) is 1.30. The number of halogens is 1. The number of rotatable bonds is 1. The lowest BCUT2D eigenvalue weighted by atomic mass is 10.1. The van der Waals surface area contributed by atoms with E-state index >= 15 is 0 Å². The van der Waals surface area contributed by atoms with Crippen LogP contribution >= 0.6 is 22.6 Å². The molecule has 1 aromatic rings. The minimum atomic E-state index is -0.469. The molecule has 1 aromatic carbocycles. The highest BCUT2D eigenvalue weighted by atomic mass is 127. The Balaban J connectivity index is 3.41. The SMILES string of the molecule is COC(=O)c1cc(C)cc(I)c1C#N. The van der Waals surface area contributed by atoms with E-state index in [-0.39, 0.29) is 0 Å². The molecule has 0 aliphatic rings. The number of hydrogen-bond donors (Lipinski definition) is 0. The molecular formula is C10H8INO2. The zero-order valence-electron chi connectivity index (χ0n) is 7.80. The highest BCUT2D eigenvalue weighted by Gasteiger charge is 2.14. The Morgan fingerprint density at radius 2 is 2.21 bits per heavy atom. The molecule has 0 saturated heterocycles. The van der Waals surface area contributed by atoms with Gasteiger partial charge in [0.2, 0.25) is 0 Å². The quantitative estimate of drug-likeness (QED) is 0.590. The van der Waals surface area contributed by atoms with E-state index in [1.807, 2.05) is 41.7 Å². The lowest BCUT2D eigenvalue weighted by Gasteiger charge is -2.05. The van der Waals surface area contributed by atoms with Crippen molar-refractivity contribution in [2.24, 2.45) is 0 Å². The van der Waals surface area contributed by atoms with Crippen LogP contribution in [-0.4, -0.2) is 13.1 Å². The van der Waals surface area contributed by atoms with Crippen molar-refractivity contribution in [3.63, 3.8) is 0 Å². The molecular weight excluding hydrogens is 293 g/mol. The van der Waals surface area contributed by atoms with Gasteiger partial charge in [-0.25, -0.2) is 4.79 Å². The third kappa shape index (κ3) is 2.04. The third-order valence-corrected chi connectivity index (χ3v) is 2.60. The summed E-state index contributed by atoms with van der Waals surface area (Å²) in [5.41, 5.74) is 1.65. The Morgan fingerprint density at radius 3 is 2.71 bits per heavy atom. The van der Waals surface area contributed by atoms with Gasteiger partial charge in [-0.15, -0.1) is 0 Å². The maximum atomic E-state index is 11.3. The van der Waals surface area contributed by atoms with Crippen LogP contribution in [0.5, 0.6) is 0 Å². The van der Waals surface area contributed by atoms with Crippen molar-refractivity contribution in [1.29, 1.82) is 5.26 Å². The minimum Gasteiger partial charge on any atom is -0.465 e. The van der Waals surface area contributed by atoms with Crippen LogP contribution in [0.15, 0.2) is 12.1 Å². The van der Waals surface area contributed by atoms with E-state index in [2.05, 4.69) is 4.74 Å². The predicted molar refractivity (Wildman–Crippen MR) is 60.0 cm³/mol. The molecule has 0 heterocycles. The number of methoxy groups -OCH3 is 1. The van der Waals surface area contributed by atoms with Crippen LogP contribution in [0.1, 0.15) is 21.5 Å². The monoisotopic (exact) mass is 301 g/mol. The third-order valence-electron chi connectivity index (χ3n) is 1.75. The molecule has 14 heavy (non-hydrogen) atoms. The second kappa shape index (κ2) is 4.42. The number of ether oxygens (including phenoxy) is 1. The van der Waals surface area contributed by atoms with Gasteiger partial charge in [0.1, 0.15) is 6.07 Å². The van der Waals surface area contributed by atoms with Gasteiger partial charge in [-0.05, 0) is 47.2 Å². The standard InChI is InChI=1S/C10H8INO2/c1-6-3-7(10(13)14-2)8(5-12)9(11)4-6/h3-4H,1-2H3. The molecule has 0 aliphatic heterocycles. The van der Waals surface area contributed by atoms with Crippen molar-refractivity contribution >= 4 is 28.6 Å². The maximum Gasteiger partial charge on any atom is 0.339 e. The molecule has 1 rings (SSSR count). The smallest absolute Gasteiger partial charge is 0.339 e. The summed E-state index contributed by atoms with van der Waals surface area (Å²) in [6.07, 6.45) is 0. The first kappa shape index (κ1) is 11.0. The van der Waals surface area contributed by atoms with Crippen molar-refractivity contribution in [1.82, 2.24) is 0 Å². The maximum absolute atomic E-state index is 11.3. The van der Waals surface area contributed by atoms with Crippen LogP contribution < -0.4 is 0 Å². The van der Waals surface area contributed by atoms with Gasteiger partial charge in [0, 0.05) is 3.57 Å². The normalized spacial score (nSPS) is 9.29. The molecule has 0 spiro atoms. The molecule has 0 atom stereocenters. The van der Waals surface area contributed by atoms with E-state index in [4.69, 9.17) is 5.26 Å². The number of benzene rings is 1. The van der Waals surface area contributed by atoms with E-state index in [1.54, 1.807) is 6.07 Å². The molecule has 3 nitrogen and oxygen atoms in total. The number of aryl methyl sites for hydroxylation is 1. The fraction of sp³-hybridized carbons (Fsp3) is 0.200. The summed E-state index contributed by atoms with van der Waals surface area (Å²) in [4.78, 5) is 11.3. The number of esters is 1. The highest BCUT2D eigenvalue weighted by molar-refractivity contribution is 14.1. The highest BCUT2D eigenvalue weighted by Crippen LogP contribution is 2.19. The van der Waals surface area contributed by atoms with Crippen molar-refractivity contribution in [3.8, 4) is 6.07 Å². The topological polar surface area (TPSA) is 50.1 Å². The van der Waals surface area contributed by atoms with Crippen LogP contribution in [0.4, 0.5) is 0 Å². The van der Waals surface area contributed by atoms with Gasteiger partial charge < -0.3 is 4.74 Å². The predicted octanol–water partition coefficient (Wildman–Crippen LogP) is 2.26. The fourth-order valence-corrected chi connectivity index (χ4v) is 2.03. The molecule has 0 radical (unpaired) electrons. The first-order chi connectivity index (χ1) is 6.60. The molecule has 4 heteroatoms. The summed E-state index contributed by atoms with van der Waals surface area (Å²) in [5, 5.41) is 8.87. The molecule has 0 saturated carbocycles. The number of carbonyl (C=O) groups is 1. The second-order valence-corrected chi connectivity index (χ2v) is 3.93. The van der Waals surface area contributed by atoms with E-state index in [9.17, 15) is 4.79 Å². The Bertz CT molecular complexity index is 421. The summed E-state index contributed by atoms with van der Waals surface area (Å²) in [6, 6.07) is 5.51. The summed E-state index contributed by atoms with van der Waals surface area (Å²) in [6.45, 7) is 1.87. The van der Waals surface area contributed by atoms with Crippen LogP contribution in [0.25, 0.3) is 0 Å². The van der Waals surface area contributed by atoms with Gasteiger partial charge in [0.05, 0.1) is 18.2 Å². The fourth-order valence-electron chi connectivity index (χ4n) is 1.13. The number of nitriles is 1. The van der Waals surface area contributed by atoms with Gasteiger partial charge in [-0.1, -0.05) is 0 Å². The average molecular weight is 301 g/mol. The minimum absolute atomic E-state index is 0.333. The van der Waals surface area contributed by atoms with Gasteiger partial charge in [0.15, 0.2) is 0 Å². The summed E-state index contributed by atoms with van der Waals surface area (Å²) < 4.78 is 5.36. The van der Waals surface area contributed by atoms with Gasteiger partial charge in [-0.2, -0.15) is 5.26 Å². The van der Waals surface area contributed by atoms with E-state index < -0.39 is 5.97 Å². The Morgan fingerprint density at radius 1 is 1.57 bits per heavy atom. The van der Waals surface area contributed by atoms with Crippen LogP contribution in [0.3, 0.4) is 0 Å². The van der Waals surface area contributed by atoms with Crippen molar-refractivity contribution in [3.05, 3.63) is 32.4 Å². The molecule has 0 aromatic heterocycles. The zero-order chi connectivity index (χ0) is 10.7. The largest absolute Gasteiger partial charge is 0.465 e. The summed E-state index contributed by atoms with van der Waals surface area (Å²) in [5.74, 6) is -0.469. The first-order valence-electron chi connectivity index (χ1n) is 3.88. The molecule has 0 N–H and O–H groups in total. The van der Waals surface area contributed by atoms with E-state index in [1.165, 1.54) is 7.11 Å². The van der Waals surface area contributed by atoms with Crippen molar-refractivity contribution in [2.75, 3.05) is 7.11 Å². The molecule has 0 amide bonds. The van der Waals surface area contributed by atoms with Gasteiger partial charge >= 0.3 is 5.97 Å². The Labute approximate surface area is 95.8 Å². The van der Waals surface area contributed by atoms with Gasteiger partial charge in [-0.3, -0.25) is 0 Å². The van der Waals surface area contributed by atoms with E-state index in [0.29, 0.717) is 11.1 Å².